The van der Waals surface area contributed by atoms with Gasteiger partial charge < -0.3 is 15.2 Å². The number of aliphatic hydroxyl groups excluding tert-OH is 1. The summed E-state index contributed by atoms with van der Waals surface area (Å²) in [6.07, 6.45) is 0. The van der Waals surface area contributed by atoms with Gasteiger partial charge in [0.2, 0.25) is 0 Å². The van der Waals surface area contributed by atoms with Gasteiger partial charge in [-0.05, 0) is 26.0 Å². The first-order valence-electron chi connectivity index (χ1n) is 5.52. The van der Waals surface area contributed by atoms with Crippen molar-refractivity contribution in [3.63, 3.8) is 0 Å². The standard InChI is InChI=1S/C13H17NO4/c1-13(2,8-15)14-11(16)9-6-4-5-7-10(9)12(17)18-3/h4-7,15H,8H2,1-3H3,(H,14,16). The highest BCUT2D eigenvalue weighted by Gasteiger charge is 2.23. The lowest BCUT2D eigenvalue weighted by Gasteiger charge is -2.23. The lowest BCUT2D eigenvalue weighted by molar-refractivity contribution is 0.0595. The first-order chi connectivity index (χ1) is 8.41. The van der Waals surface area contributed by atoms with Crippen molar-refractivity contribution >= 4 is 11.9 Å². The number of rotatable bonds is 4. The maximum Gasteiger partial charge on any atom is 0.338 e. The van der Waals surface area contributed by atoms with Crippen molar-refractivity contribution in [1.82, 2.24) is 5.32 Å². The Morgan fingerprint density at radius 1 is 1.28 bits per heavy atom. The van der Waals surface area contributed by atoms with Gasteiger partial charge in [0.25, 0.3) is 5.91 Å². The van der Waals surface area contributed by atoms with Gasteiger partial charge in [0.15, 0.2) is 0 Å². The molecule has 0 aliphatic heterocycles. The number of methoxy groups -OCH3 is 1. The van der Waals surface area contributed by atoms with Crippen LogP contribution in [0.15, 0.2) is 24.3 Å². The maximum absolute atomic E-state index is 12.0. The number of ether oxygens (including phenoxy) is 1. The van der Waals surface area contributed by atoms with Crippen LogP contribution in [0.5, 0.6) is 0 Å². The van der Waals surface area contributed by atoms with Gasteiger partial charge in [0, 0.05) is 0 Å². The van der Waals surface area contributed by atoms with Crippen LogP contribution in [0.1, 0.15) is 34.6 Å². The smallest absolute Gasteiger partial charge is 0.338 e. The molecule has 0 unspecified atom stereocenters. The Labute approximate surface area is 106 Å². The largest absolute Gasteiger partial charge is 0.465 e. The highest BCUT2D eigenvalue weighted by Crippen LogP contribution is 2.12. The quantitative estimate of drug-likeness (QED) is 0.782. The number of carbonyl (C=O) groups is 2. The molecule has 5 heteroatoms. The van der Waals surface area contributed by atoms with Crippen LogP contribution in [-0.4, -0.2) is 36.2 Å². The van der Waals surface area contributed by atoms with Crippen LogP contribution < -0.4 is 5.32 Å². The van der Waals surface area contributed by atoms with Gasteiger partial charge >= 0.3 is 5.97 Å². The van der Waals surface area contributed by atoms with Crippen LogP contribution in [0.3, 0.4) is 0 Å². The summed E-state index contributed by atoms with van der Waals surface area (Å²) in [6.45, 7) is 3.18. The lowest BCUT2D eigenvalue weighted by Crippen LogP contribution is -2.46. The molecule has 18 heavy (non-hydrogen) atoms. The number of hydrogen-bond acceptors (Lipinski definition) is 4. The second-order valence-corrected chi connectivity index (χ2v) is 4.53. The van der Waals surface area contributed by atoms with Crippen molar-refractivity contribution in [2.45, 2.75) is 19.4 Å². The summed E-state index contributed by atoms with van der Waals surface area (Å²) in [6, 6.07) is 6.37. The number of carbonyl (C=O) groups excluding carboxylic acids is 2. The van der Waals surface area contributed by atoms with Gasteiger partial charge in [0.05, 0.1) is 30.4 Å². The Balaban J connectivity index is 3.03. The minimum atomic E-state index is -0.750. The van der Waals surface area contributed by atoms with E-state index >= 15 is 0 Å². The fourth-order valence-electron chi connectivity index (χ4n) is 1.38. The third kappa shape index (κ3) is 3.30. The van der Waals surface area contributed by atoms with Gasteiger partial charge in [-0.25, -0.2) is 4.79 Å². The molecule has 1 rings (SSSR count). The molecule has 0 radical (unpaired) electrons. The molecule has 0 spiro atoms. The summed E-state index contributed by atoms with van der Waals surface area (Å²) in [7, 11) is 1.26. The Morgan fingerprint density at radius 3 is 2.33 bits per heavy atom. The predicted molar refractivity (Wildman–Crippen MR) is 66.4 cm³/mol. The van der Waals surface area contributed by atoms with Gasteiger partial charge in [-0.1, -0.05) is 12.1 Å². The first-order valence-corrected chi connectivity index (χ1v) is 5.52. The predicted octanol–water partition coefficient (Wildman–Crippen LogP) is 0.974. The van der Waals surface area contributed by atoms with Crippen molar-refractivity contribution in [3.05, 3.63) is 35.4 Å². The van der Waals surface area contributed by atoms with Crippen LogP contribution in [0.4, 0.5) is 0 Å². The summed E-state index contributed by atoms with van der Waals surface area (Å²) in [4.78, 5) is 23.6. The van der Waals surface area contributed by atoms with Crippen LogP contribution in [0.2, 0.25) is 0 Å². The van der Waals surface area contributed by atoms with Crippen LogP contribution in [0.25, 0.3) is 0 Å². The molecule has 0 bridgehead atoms. The van der Waals surface area contributed by atoms with Crippen LogP contribution in [-0.2, 0) is 4.74 Å². The Hall–Kier alpha value is -1.88. The molecule has 1 amide bonds. The van der Waals surface area contributed by atoms with Gasteiger partial charge in [-0.15, -0.1) is 0 Å². The Morgan fingerprint density at radius 2 is 1.83 bits per heavy atom. The van der Waals surface area contributed by atoms with Crippen molar-refractivity contribution in [3.8, 4) is 0 Å². The topological polar surface area (TPSA) is 75.6 Å². The first kappa shape index (κ1) is 14.2. The SMILES string of the molecule is COC(=O)c1ccccc1C(=O)NC(C)(C)CO. The molecule has 98 valence electrons. The van der Waals surface area contributed by atoms with E-state index in [1.807, 2.05) is 0 Å². The molecule has 1 aromatic rings. The molecular formula is C13H17NO4. The molecule has 0 aromatic heterocycles. The molecule has 0 fully saturated rings. The molecule has 0 aliphatic rings. The van der Waals surface area contributed by atoms with E-state index in [9.17, 15) is 9.59 Å². The zero-order valence-electron chi connectivity index (χ0n) is 10.7. The maximum atomic E-state index is 12.0. The van der Waals surface area contributed by atoms with E-state index < -0.39 is 17.4 Å². The van der Waals surface area contributed by atoms with Crippen LogP contribution in [0, 0.1) is 0 Å². The van der Waals surface area contributed by atoms with E-state index in [1.54, 1.807) is 26.0 Å². The van der Waals surface area contributed by atoms with Gasteiger partial charge in [-0.3, -0.25) is 4.79 Å². The molecule has 0 aliphatic carbocycles. The third-order valence-corrected chi connectivity index (χ3v) is 2.42. The summed E-state index contributed by atoms with van der Waals surface area (Å²) >= 11 is 0. The van der Waals surface area contributed by atoms with Gasteiger partial charge in [-0.2, -0.15) is 0 Å². The minimum absolute atomic E-state index is 0.195. The molecule has 0 saturated carbocycles. The van der Waals surface area contributed by atoms with E-state index in [2.05, 4.69) is 10.1 Å². The fourth-order valence-corrected chi connectivity index (χ4v) is 1.38. The summed E-state index contributed by atoms with van der Waals surface area (Å²) < 4.78 is 4.62. The second-order valence-electron chi connectivity index (χ2n) is 4.53. The Kier molecular flexibility index (Phi) is 4.44. The van der Waals surface area contributed by atoms with E-state index in [-0.39, 0.29) is 17.7 Å². The molecule has 0 saturated heterocycles. The number of benzene rings is 1. The fraction of sp³-hybridized carbons (Fsp3) is 0.385. The highest BCUT2D eigenvalue weighted by molar-refractivity contribution is 6.05. The minimum Gasteiger partial charge on any atom is -0.465 e. The molecular weight excluding hydrogens is 234 g/mol. The average molecular weight is 251 g/mol. The van der Waals surface area contributed by atoms with Crippen molar-refractivity contribution in [1.29, 1.82) is 0 Å². The molecule has 5 nitrogen and oxygen atoms in total. The highest BCUT2D eigenvalue weighted by atomic mass is 16.5. The van der Waals surface area contributed by atoms with E-state index in [4.69, 9.17) is 5.11 Å². The zero-order valence-corrected chi connectivity index (χ0v) is 10.7. The van der Waals surface area contributed by atoms with Crippen molar-refractivity contribution < 1.29 is 19.4 Å². The molecule has 1 aromatic carbocycles. The van der Waals surface area contributed by atoms with E-state index in [0.717, 1.165) is 0 Å². The van der Waals surface area contributed by atoms with Crippen molar-refractivity contribution in [2.75, 3.05) is 13.7 Å². The second kappa shape index (κ2) is 5.64. The van der Waals surface area contributed by atoms with E-state index in [0.29, 0.717) is 0 Å². The lowest BCUT2D eigenvalue weighted by atomic mass is 10.0. The van der Waals surface area contributed by atoms with Gasteiger partial charge in [0.1, 0.15) is 0 Å². The monoisotopic (exact) mass is 251 g/mol. The number of esters is 1. The number of nitrogens with one attached hydrogen (secondary N) is 1. The van der Waals surface area contributed by atoms with E-state index in [1.165, 1.54) is 19.2 Å². The summed E-state index contributed by atoms with van der Waals surface area (Å²) in [5, 5.41) is 11.8. The average Bonchev–Trinajstić information content (AvgIpc) is 2.37. The Bertz CT molecular complexity index is 454. The van der Waals surface area contributed by atoms with Crippen LogP contribution >= 0.6 is 0 Å². The number of amides is 1. The molecule has 0 heterocycles. The van der Waals surface area contributed by atoms with Crippen molar-refractivity contribution in [2.24, 2.45) is 0 Å². The number of aliphatic hydroxyl groups is 1. The third-order valence-electron chi connectivity index (χ3n) is 2.42. The number of hydrogen-bond donors (Lipinski definition) is 2. The normalized spacial score (nSPS) is 10.9. The molecule has 2 N–H and O–H groups in total. The summed E-state index contributed by atoms with van der Waals surface area (Å²) in [5.41, 5.74) is -0.322. The zero-order chi connectivity index (χ0) is 13.8. The molecule has 0 atom stereocenters. The summed E-state index contributed by atoms with van der Waals surface area (Å²) in [5.74, 6) is -0.988.